The van der Waals surface area contributed by atoms with Crippen molar-refractivity contribution in [1.29, 1.82) is 5.26 Å². The zero-order valence-corrected chi connectivity index (χ0v) is 17.0. The first-order valence-corrected chi connectivity index (χ1v) is 10.5. The summed E-state index contributed by atoms with van der Waals surface area (Å²) in [7, 11) is 0. The third-order valence-corrected chi connectivity index (χ3v) is 5.74. The minimum absolute atomic E-state index is 0.104. The quantitative estimate of drug-likeness (QED) is 0.499. The number of likely N-dealkylation sites (tertiary alicyclic amines) is 1. The van der Waals surface area contributed by atoms with Gasteiger partial charge in [0.25, 0.3) is 5.91 Å². The zero-order valence-electron chi connectivity index (χ0n) is 17.0. The largest absolute Gasteiger partial charge is 0.339 e. The first kappa shape index (κ1) is 19.0. The van der Waals surface area contributed by atoms with Gasteiger partial charge in [-0.2, -0.15) is 10.4 Å². The molecule has 0 N–H and O–H groups in total. The van der Waals surface area contributed by atoms with Gasteiger partial charge in [0.1, 0.15) is 0 Å². The molecule has 1 aliphatic rings. The topological polar surface area (TPSA) is 74.3 Å². The predicted octanol–water partition coefficient (Wildman–Crippen LogP) is 4.56. The van der Waals surface area contributed by atoms with E-state index in [4.69, 9.17) is 10.4 Å². The smallest absolute Gasteiger partial charge is 0.253 e. The first-order chi connectivity index (χ1) is 15.2. The molecule has 1 saturated heterocycles. The van der Waals surface area contributed by atoms with Crippen molar-refractivity contribution < 1.29 is 4.79 Å². The molecule has 152 valence electrons. The van der Waals surface area contributed by atoms with Crippen molar-refractivity contribution in [2.24, 2.45) is 0 Å². The van der Waals surface area contributed by atoms with E-state index in [1.165, 1.54) is 6.42 Å². The Morgan fingerprint density at radius 3 is 2.29 bits per heavy atom. The second kappa shape index (κ2) is 8.04. The van der Waals surface area contributed by atoms with E-state index in [-0.39, 0.29) is 5.91 Å². The number of imidazole rings is 1. The molecule has 4 aromatic rings. The second-order valence-corrected chi connectivity index (χ2v) is 7.75. The maximum absolute atomic E-state index is 12.7. The number of carbonyl (C=O) groups excluding carboxylic acids is 1. The molecule has 1 fully saturated rings. The Hall–Kier alpha value is -3.98. The van der Waals surface area contributed by atoms with Crippen molar-refractivity contribution in [3.63, 3.8) is 0 Å². The summed E-state index contributed by atoms with van der Waals surface area (Å²) in [6.07, 6.45) is 5.16. The monoisotopic (exact) mass is 407 g/mol. The van der Waals surface area contributed by atoms with Crippen molar-refractivity contribution in [3.05, 3.63) is 78.0 Å². The summed E-state index contributed by atoms with van der Waals surface area (Å²) in [6.45, 7) is 1.69. The Kier molecular flexibility index (Phi) is 4.93. The highest BCUT2D eigenvalue weighted by Gasteiger charge is 2.18. The van der Waals surface area contributed by atoms with Gasteiger partial charge in [0.2, 0.25) is 0 Å². The molecular weight excluding hydrogens is 386 g/mol. The lowest BCUT2D eigenvalue weighted by Gasteiger charge is -2.26. The molecule has 3 heterocycles. The summed E-state index contributed by atoms with van der Waals surface area (Å²) >= 11 is 0. The van der Waals surface area contributed by atoms with Crippen LogP contribution in [0.4, 0.5) is 0 Å². The number of piperidine rings is 1. The van der Waals surface area contributed by atoms with E-state index >= 15 is 0 Å². The van der Waals surface area contributed by atoms with Crippen molar-refractivity contribution in [1.82, 2.24) is 19.5 Å². The highest BCUT2D eigenvalue weighted by Crippen LogP contribution is 2.24. The van der Waals surface area contributed by atoms with Gasteiger partial charge in [-0.25, -0.2) is 9.50 Å². The molecule has 0 bridgehead atoms. The fraction of sp³-hybridized carbons (Fsp3) is 0.200. The van der Waals surface area contributed by atoms with Crippen LogP contribution in [-0.2, 0) is 0 Å². The maximum atomic E-state index is 12.7. The molecule has 2 aromatic heterocycles. The molecule has 2 aromatic carbocycles. The molecule has 1 amide bonds. The lowest BCUT2D eigenvalue weighted by molar-refractivity contribution is 0.0724. The summed E-state index contributed by atoms with van der Waals surface area (Å²) < 4.78 is 1.81. The fourth-order valence-corrected chi connectivity index (χ4v) is 4.00. The summed E-state index contributed by atoms with van der Waals surface area (Å²) in [5, 5.41) is 13.8. The highest BCUT2D eigenvalue weighted by molar-refractivity contribution is 5.94. The van der Waals surface area contributed by atoms with Crippen molar-refractivity contribution in [2.75, 3.05) is 13.1 Å². The summed E-state index contributed by atoms with van der Waals surface area (Å²) in [5.41, 5.74) is 5.63. The molecular formula is C25H21N5O. The Morgan fingerprint density at radius 2 is 1.58 bits per heavy atom. The van der Waals surface area contributed by atoms with Crippen LogP contribution in [-0.4, -0.2) is 38.5 Å². The number of carbonyl (C=O) groups is 1. The van der Waals surface area contributed by atoms with Crippen LogP contribution < -0.4 is 0 Å². The molecule has 0 saturated carbocycles. The van der Waals surface area contributed by atoms with Gasteiger partial charge >= 0.3 is 0 Å². The Balaban J connectivity index is 1.45. The predicted molar refractivity (Wildman–Crippen MR) is 118 cm³/mol. The molecule has 0 radical (unpaired) electrons. The minimum Gasteiger partial charge on any atom is -0.339 e. The number of hydrogen-bond acceptors (Lipinski definition) is 4. The normalized spacial score (nSPS) is 13.8. The summed E-state index contributed by atoms with van der Waals surface area (Å²) in [5.74, 6) is 0.104. The van der Waals surface area contributed by atoms with Crippen LogP contribution in [0, 0.1) is 11.3 Å². The Morgan fingerprint density at radius 1 is 0.871 bits per heavy atom. The second-order valence-electron chi connectivity index (χ2n) is 7.75. The van der Waals surface area contributed by atoms with Crippen molar-refractivity contribution >= 4 is 11.6 Å². The van der Waals surface area contributed by atoms with Gasteiger partial charge in [0.15, 0.2) is 5.65 Å². The van der Waals surface area contributed by atoms with Crippen LogP contribution >= 0.6 is 0 Å². The van der Waals surface area contributed by atoms with Crippen LogP contribution in [0.3, 0.4) is 0 Å². The van der Waals surface area contributed by atoms with E-state index in [0.717, 1.165) is 54.1 Å². The lowest BCUT2D eigenvalue weighted by Crippen LogP contribution is -2.35. The molecule has 0 atom stereocenters. The number of amides is 1. The SMILES string of the molecule is N#Cc1ccc(-c2cnc3ccc(-c4ccc(C(=O)N5CCCCC5)cc4)nn23)cc1. The third-order valence-electron chi connectivity index (χ3n) is 5.74. The molecule has 0 unspecified atom stereocenters. The summed E-state index contributed by atoms with van der Waals surface area (Å²) in [6, 6.07) is 21.0. The molecule has 6 heteroatoms. The van der Waals surface area contributed by atoms with Gasteiger partial charge in [-0.05, 0) is 55.7 Å². The van der Waals surface area contributed by atoms with Crippen LogP contribution in [0.25, 0.3) is 28.2 Å². The van der Waals surface area contributed by atoms with Gasteiger partial charge < -0.3 is 4.90 Å². The number of nitriles is 1. The zero-order chi connectivity index (χ0) is 21.2. The van der Waals surface area contributed by atoms with Gasteiger partial charge in [0, 0.05) is 29.8 Å². The van der Waals surface area contributed by atoms with Crippen molar-refractivity contribution in [2.45, 2.75) is 19.3 Å². The molecule has 31 heavy (non-hydrogen) atoms. The Bertz CT molecular complexity index is 1280. The molecule has 1 aliphatic heterocycles. The summed E-state index contributed by atoms with van der Waals surface area (Å²) in [4.78, 5) is 19.1. The third kappa shape index (κ3) is 3.66. The van der Waals surface area contributed by atoms with E-state index < -0.39 is 0 Å². The van der Waals surface area contributed by atoms with Gasteiger partial charge in [0.05, 0.1) is 29.2 Å². The molecule has 5 rings (SSSR count). The highest BCUT2D eigenvalue weighted by atomic mass is 16.2. The van der Waals surface area contributed by atoms with Gasteiger partial charge in [-0.1, -0.05) is 24.3 Å². The van der Waals surface area contributed by atoms with E-state index in [9.17, 15) is 4.79 Å². The molecule has 0 aliphatic carbocycles. The standard InChI is InChI=1S/C25H21N5O/c26-16-18-4-6-20(7-5-18)23-17-27-24-13-12-22(28-30(23)24)19-8-10-21(11-9-19)25(31)29-14-2-1-3-15-29/h4-13,17H,1-3,14-15H2. The Labute approximate surface area is 180 Å². The number of hydrogen-bond donors (Lipinski definition) is 0. The lowest BCUT2D eigenvalue weighted by atomic mass is 10.1. The average molecular weight is 407 g/mol. The number of fused-ring (bicyclic) bond motifs is 1. The number of rotatable bonds is 3. The van der Waals surface area contributed by atoms with E-state index in [0.29, 0.717) is 11.1 Å². The number of aromatic nitrogens is 3. The van der Waals surface area contributed by atoms with Crippen LogP contribution in [0.5, 0.6) is 0 Å². The van der Waals surface area contributed by atoms with E-state index in [2.05, 4.69) is 11.1 Å². The van der Waals surface area contributed by atoms with Gasteiger partial charge in [-0.15, -0.1) is 0 Å². The van der Waals surface area contributed by atoms with Crippen LogP contribution in [0.1, 0.15) is 35.2 Å². The average Bonchev–Trinajstić information content (AvgIpc) is 3.27. The van der Waals surface area contributed by atoms with Crippen LogP contribution in [0.15, 0.2) is 66.9 Å². The fourth-order valence-electron chi connectivity index (χ4n) is 4.00. The molecule has 0 spiro atoms. The van der Waals surface area contributed by atoms with Crippen LogP contribution in [0.2, 0.25) is 0 Å². The van der Waals surface area contributed by atoms with E-state index in [1.54, 1.807) is 18.3 Å². The minimum atomic E-state index is 0.104. The number of benzene rings is 2. The van der Waals surface area contributed by atoms with E-state index in [1.807, 2.05) is 57.9 Å². The maximum Gasteiger partial charge on any atom is 0.253 e. The first-order valence-electron chi connectivity index (χ1n) is 10.5. The van der Waals surface area contributed by atoms with Gasteiger partial charge in [-0.3, -0.25) is 4.79 Å². The number of nitrogens with zero attached hydrogens (tertiary/aromatic N) is 5. The van der Waals surface area contributed by atoms with Crippen molar-refractivity contribution in [3.8, 4) is 28.6 Å². The molecule has 6 nitrogen and oxygen atoms in total.